The molecule has 5 nitrogen and oxygen atoms in total. The molecular formula is C13H12BrFN2O3. The summed E-state index contributed by atoms with van der Waals surface area (Å²) in [5.41, 5.74) is -0.261. The first-order valence-electron chi connectivity index (χ1n) is 5.81. The number of nitrogens with zero attached hydrogens (tertiary/aromatic N) is 1. The second-order valence-electron chi connectivity index (χ2n) is 3.83. The predicted octanol–water partition coefficient (Wildman–Crippen LogP) is 2.16. The highest BCUT2D eigenvalue weighted by molar-refractivity contribution is 9.10. The number of ether oxygens (including phenoxy) is 1. The lowest BCUT2D eigenvalue weighted by Crippen LogP contribution is -2.41. The minimum Gasteiger partial charge on any atom is -0.463 e. The highest BCUT2D eigenvalue weighted by atomic mass is 79.9. The first-order valence-corrected chi connectivity index (χ1v) is 6.61. The van der Waals surface area contributed by atoms with Gasteiger partial charge in [0.25, 0.3) is 5.91 Å². The first kappa shape index (κ1) is 16.1. The maximum absolute atomic E-state index is 13.5. The summed E-state index contributed by atoms with van der Waals surface area (Å²) in [6, 6.07) is 3.94. The van der Waals surface area contributed by atoms with Crippen molar-refractivity contribution in [3.05, 3.63) is 34.1 Å². The zero-order valence-electron chi connectivity index (χ0n) is 10.7. The van der Waals surface area contributed by atoms with Crippen LogP contribution < -0.4 is 5.32 Å². The van der Waals surface area contributed by atoms with E-state index in [2.05, 4.69) is 21.2 Å². The molecule has 0 spiro atoms. The van der Waals surface area contributed by atoms with Crippen LogP contribution in [0.25, 0.3) is 0 Å². The quantitative estimate of drug-likeness (QED) is 0.831. The topological polar surface area (TPSA) is 79.2 Å². The summed E-state index contributed by atoms with van der Waals surface area (Å²) in [5.74, 6) is -2.47. The van der Waals surface area contributed by atoms with Crippen molar-refractivity contribution in [1.29, 1.82) is 5.26 Å². The van der Waals surface area contributed by atoms with Crippen molar-refractivity contribution < 1.29 is 18.7 Å². The molecule has 20 heavy (non-hydrogen) atoms. The Bertz CT molecular complexity index is 557. The summed E-state index contributed by atoms with van der Waals surface area (Å²) in [4.78, 5) is 23.3. The fraction of sp³-hybridized carbons (Fsp3) is 0.308. The Morgan fingerprint density at radius 2 is 2.25 bits per heavy atom. The van der Waals surface area contributed by atoms with Crippen molar-refractivity contribution in [3.8, 4) is 6.07 Å². The summed E-state index contributed by atoms with van der Waals surface area (Å²) in [6.07, 6.45) is 0.595. The number of carbonyl (C=O) groups excluding carboxylic acids is 2. The van der Waals surface area contributed by atoms with Gasteiger partial charge in [0, 0.05) is 4.47 Å². The van der Waals surface area contributed by atoms with Crippen LogP contribution in [-0.4, -0.2) is 24.5 Å². The molecule has 0 radical (unpaired) electrons. The lowest BCUT2D eigenvalue weighted by molar-refractivity contribution is -0.144. The van der Waals surface area contributed by atoms with E-state index >= 15 is 0 Å². The van der Waals surface area contributed by atoms with Crippen molar-refractivity contribution in [2.75, 3.05) is 6.61 Å². The number of hydrogen-bond donors (Lipinski definition) is 1. The van der Waals surface area contributed by atoms with E-state index in [-0.39, 0.29) is 12.2 Å². The van der Waals surface area contributed by atoms with Crippen LogP contribution in [0.4, 0.5) is 4.39 Å². The molecule has 0 aliphatic heterocycles. The minimum absolute atomic E-state index is 0.151. The zero-order chi connectivity index (χ0) is 15.1. The van der Waals surface area contributed by atoms with Crippen LogP contribution in [0.5, 0.6) is 0 Å². The number of amides is 1. The Morgan fingerprint density at radius 3 is 2.85 bits per heavy atom. The number of esters is 1. The minimum atomic E-state index is -1.47. The monoisotopic (exact) mass is 342 g/mol. The molecule has 0 saturated carbocycles. The van der Waals surface area contributed by atoms with Crippen molar-refractivity contribution >= 4 is 27.8 Å². The number of rotatable bonds is 5. The van der Waals surface area contributed by atoms with Gasteiger partial charge in [0.1, 0.15) is 5.82 Å². The molecule has 7 heteroatoms. The van der Waals surface area contributed by atoms with Gasteiger partial charge in [-0.15, -0.1) is 0 Å². The van der Waals surface area contributed by atoms with Gasteiger partial charge in [0.15, 0.2) is 0 Å². The highest BCUT2D eigenvalue weighted by Gasteiger charge is 2.23. The molecule has 1 amide bonds. The number of benzene rings is 1. The van der Waals surface area contributed by atoms with Gasteiger partial charge in [-0.05, 0) is 24.6 Å². The third-order valence-corrected chi connectivity index (χ3v) is 2.75. The molecule has 106 valence electrons. The van der Waals surface area contributed by atoms with E-state index in [1.54, 1.807) is 13.0 Å². The molecular weight excluding hydrogens is 331 g/mol. The summed E-state index contributed by atoms with van der Waals surface area (Å²) in [7, 11) is 0. The normalized spacial score (nSPS) is 11.3. The van der Waals surface area contributed by atoms with E-state index in [0.717, 1.165) is 6.07 Å². The fourth-order valence-corrected chi connectivity index (χ4v) is 1.67. The van der Waals surface area contributed by atoms with Crippen LogP contribution in [0.1, 0.15) is 23.7 Å². The van der Waals surface area contributed by atoms with Crippen molar-refractivity contribution in [2.24, 2.45) is 0 Å². The maximum Gasteiger partial charge on any atom is 0.343 e. The van der Waals surface area contributed by atoms with E-state index in [4.69, 9.17) is 10.00 Å². The largest absolute Gasteiger partial charge is 0.463 e. The SMILES string of the molecule is CCCOC(=O)C(C#N)NC(=O)c1cc(Br)ccc1F. The Morgan fingerprint density at radius 1 is 1.55 bits per heavy atom. The number of nitriles is 1. The molecule has 1 rings (SSSR count). The van der Waals surface area contributed by atoms with Crippen LogP contribution in [0, 0.1) is 17.1 Å². The van der Waals surface area contributed by atoms with E-state index in [1.807, 2.05) is 0 Å². The molecule has 0 fully saturated rings. The molecule has 0 aliphatic carbocycles. The molecule has 0 bridgehead atoms. The van der Waals surface area contributed by atoms with E-state index in [1.165, 1.54) is 12.1 Å². The Kier molecular flexibility index (Phi) is 6.12. The molecule has 1 aromatic carbocycles. The standard InChI is InChI=1S/C13H12BrFN2O3/c1-2-5-20-13(19)11(7-16)17-12(18)9-6-8(14)3-4-10(9)15/h3-4,6,11H,2,5H2,1H3,(H,17,18). The number of carbonyl (C=O) groups is 2. The molecule has 1 N–H and O–H groups in total. The second kappa shape index (κ2) is 7.60. The summed E-state index contributed by atoms with van der Waals surface area (Å²) in [6.45, 7) is 1.95. The first-order chi connectivity index (χ1) is 9.49. The van der Waals surface area contributed by atoms with Crippen molar-refractivity contribution in [3.63, 3.8) is 0 Å². The van der Waals surface area contributed by atoms with E-state index < -0.39 is 23.7 Å². The van der Waals surface area contributed by atoms with Crippen LogP contribution >= 0.6 is 15.9 Å². The van der Waals surface area contributed by atoms with Gasteiger partial charge < -0.3 is 10.1 Å². The summed E-state index contributed by atoms with van der Waals surface area (Å²) in [5, 5.41) is 11.0. The Labute approximate surface area is 123 Å². The molecule has 0 aromatic heterocycles. The average molecular weight is 343 g/mol. The maximum atomic E-state index is 13.5. The number of hydrogen-bond acceptors (Lipinski definition) is 4. The lowest BCUT2D eigenvalue weighted by Gasteiger charge is -2.11. The Hall–Kier alpha value is -1.94. The van der Waals surface area contributed by atoms with Gasteiger partial charge in [-0.1, -0.05) is 22.9 Å². The van der Waals surface area contributed by atoms with Crippen LogP contribution in [0.15, 0.2) is 22.7 Å². The third kappa shape index (κ3) is 4.31. The smallest absolute Gasteiger partial charge is 0.343 e. The predicted molar refractivity (Wildman–Crippen MR) is 72.2 cm³/mol. The van der Waals surface area contributed by atoms with Gasteiger partial charge in [0.2, 0.25) is 6.04 Å². The highest BCUT2D eigenvalue weighted by Crippen LogP contribution is 2.15. The number of nitrogens with one attached hydrogen (secondary N) is 1. The molecule has 1 aromatic rings. The molecule has 0 heterocycles. The van der Waals surface area contributed by atoms with Gasteiger partial charge >= 0.3 is 5.97 Å². The van der Waals surface area contributed by atoms with Gasteiger partial charge in [0.05, 0.1) is 18.2 Å². The third-order valence-electron chi connectivity index (χ3n) is 2.26. The van der Waals surface area contributed by atoms with Gasteiger partial charge in [-0.25, -0.2) is 9.18 Å². The zero-order valence-corrected chi connectivity index (χ0v) is 12.2. The van der Waals surface area contributed by atoms with Crippen molar-refractivity contribution in [2.45, 2.75) is 19.4 Å². The number of halogens is 2. The summed E-state index contributed by atoms with van der Waals surface area (Å²) >= 11 is 3.11. The fourth-order valence-electron chi connectivity index (χ4n) is 1.31. The average Bonchev–Trinajstić information content (AvgIpc) is 2.44. The van der Waals surface area contributed by atoms with E-state index in [9.17, 15) is 14.0 Å². The van der Waals surface area contributed by atoms with Gasteiger partial charge in [-0.2, -0.15) is 5.26 Å². The second-order valence-corrected chi connectivity index (χ2v) is 4.74. The molecule has 0 saturated heterocycles. The van der Waals surface area contributed by atoms with Crippen LogP contribution in [0.2, 0.25) is 0 Å². The van der Waals surface area contributed by atoms with Gasteiger partial charge in [-0.3, -0.25) is 4.79 Å². The Balaban J connectivity index is 2.80. The van der Waals surface area contributed by atoms with Crippen LogP contribution in [-0.2, 0) is 9.53 Å². The van der Waals surface area contributed by atoms with Crippen molar-refractivity contribution in [1.82, 2.24) is 5.32 Å². The summed E-state index contributed by atoms with van der Waals surface area (Å²) < 4.78 is 18.8. The van der Waals surface area contributed by atoms with Crippen LogP contribution in [0.3, 0.4) is 0 Å². The molecule has 1 atom stereocenters. The lowest BCUT2D eigenvalue weighted by atomic mass is 10.2. The van der Waals surface area contributed by atoms with E-state index in [0.29, 0.717) is 10.9 Å². The molecule has 0 aliphatic rings. The molecule has 1 unspecified atom stereocenters.